The van der Waals surface area contributed by atoms with Crippen LogP contribution in [0.1, 0.15) is 33.6 Å². The summed E-state index contributed by atoms with van der Waals surface area (Å²) in [5.74, 6) is 0.863. The van der Waals surface area contributed by atoms with Crippen LogP contribution in [0, 0.1) is 5.92 Å². The molecule has 0 aromatic carbocycles. The van der Waals surface area contributed by atoms with E-state index in [1.807, 2.05) is 0 Å². The average Bonchev–Trinajstić information content (AvgIpc) is 2.92. The molecule has 100 valence electrons. The molecule has 3 heteroatoms. The minimum atomic E-state index is 0.741. The quantitative estimate of drug-likeness (QED) is 0.782. The van der Waals surface area contributed by atoms with E-state index in [2.05, 4.69) is 35.9 Å². The van der Waals surface area contributed by atoms with Gasteiger partial charge in [-0.15, -0.1) is 0 Å². The number of nitrogens with one attached hydrogen (secondary N) is 1. The van der Waals surface area contributed by atoms with Crippen molar-refractivity contribution in [2.75, 3.05) is 39.3 Å². The van der Waals surface area contributed by atoms with Crippen LogP contribution in [-0.2, 0) is 0 Å². The Labute approximate surface area is 107 Å². The highest BCUT2D eigenvalue weighted by Crippen LogP contribution is 2.20. The summed E-state index contributed by atoms with van der Waals surface area (Å²) in [6, 6.07) is 1.55. The predicted molar refractivity (Wildman–Crippen MR) is 73.3 cm³/mol. The van der Waals surface area contributed by atoms with Crippen LogP contribution in [-0.4, -0.2) is 61.2 Å². The summed E-state index contributed by atoms with van der Waals surface area (Å²) >= 11 is 0. The lowest BCUT2D eigenvalue weighted by Crippen LogP contribution is -2.42. The first-order valence-electron chi connectivity index (χ1n) is 7.44. The summed E-state index contributed by atoms with van der Waals surface area (Å²) in [6.07, 6.45) is 2.72. The average molecular weight is 239 g/mol. The third-order valence-electron chi connectivity index (χ3n) is 4.72. The van der Waals surface area contributed by atoms with Gasteiger partial charge in [-0.1, -0.05) is 20.8 Å². The molecule has 2 rings (SSSR count). The van der Waals surface area contributed by atoms with Gasteiger partial charge in [-0.2, -0.15) is 0 Å². The maximum absolute atomic E-state index is 3.65. The molecule has 0 radical (unpaired) electrons. The highest BCUT2D eigenvalue weighted by atomic mass is 15.3. The van der Waals surface area contributed by atoms with Gasteiger partial charge in [0.1, 0.15) is 0 Å². The van der Waals surface area contributed by atoms with Gasteiger partial charge in [0, 0.05) is 25.2 Å². The second-order valence-corrected chi connectivity index (χ2v) is 5.75. The Kier molecular flexibility index (Phi) is 4.83. The Morgan fingerprint density at radius 2 is 2.00 bits per heavy atom. The van der Waals surface area contributed by atoms with Crippen molar-refractivity contribution in [1.29, 1.82) is 0 Å². The Hall–Kier alpha value is -0.120. The summed E-state index contributed by atoms with van der Waals surface area (Å²) in [4.78, 5) is 5.29. The molecule has 0 aromatic rings. The van der Waals surface area contributed by atoms with Crippen LogP contribution in [0.25, 0.3) is 0 Å². The molecule has 2 heterocycles. The molecule has 0 spiro atoms. The number of nitrogens with zero attached hydrogens (tertiary/aromatic N) is 2. The molecule has 2 aliphatic heterocycles. The SMILES string of the molecule is CCN(CC)C1CCN(CC2NCCC2C)C1. The second kappa shape index (κ2) is 6.17. The van der Waals surface area contributed by atoms with E-state index >= 15 is 0 Å². The van der Waals surface area contributed by atoms with Crippen molar-refractivity contribution in [2.24, 2.45) is 5.92 Å². The highest BCUT2D eigenvalue weighted by Gasteiger charge is 2.30. The molecule has 17 heavy (non-hydrogen) atoms. The van der Waals surface area contributed by atoms with Crippen LogP contribution in [0.15, 0.2) is 0 Å². The van der Waals surface area contributed by atoms with Gasteiger partial charge < -0.3 is 10.2 Å². The van der Waals surface area contributed by atoms with E-state index in [0.717, 1.165) is 18.0 Å². The molecule has 2 saturated heterocycles. The topological polar surface area (TPSA) is 18.5 Å². The molecular weight excluding hydrogens is 210 g/mol. The van der Waals surface area contributed by atoms with Gasteiger partial charge in [-0.3, -0.25) is 4.90 Å². The third-order valence-corrected chi connectivity index (χ3v) is 4.72. The van der Waals surface area contributed by atoms with Gasteiger partial charge >= 0.3 is 0 Å². The predicted octanol–water partition coefficient (Wildman–Crippen LogP) is 1.40. The van der Waals surface area contributed by atoms with Crippen LogP contribution < -0.4 is 5.32 Å². The zero-order valence-corrected chi connectivity index (χ0v) is 11.8. The van der Waals surface area contributed by atoms with E-state index in [1.54, 1.807) is 0 Å². The van der Waals surface area contributed by atoms with Gasteiger partial charge in [-0.25, -0.2) is 0 Å². The smallest absolute Gasteiger partial charge is 0.0235 e. The summed E-state index contributed by atoms with van der Waals surface area (Å²) in [5.41, 5.74) is 0. The number of hydrogen-bond donors (Lipinski definition) is 1. The van der Waals surface area contributed by atoms with E-state index in [-0.39, 0.29) is 0 Å². The van der Waals surface area contributed by atoms with Crippen molar-refractivity contribution in [1.82, 2.24) is 15.1 Å². The molecule has 0 aromatic heterocycles. The van der Waals surface area contributed by atoms with Crippen LogP contribution in [0.5, 0.6) is 0 Å². The number of hydrogen-bond acceptors (Lipinski definition) is 3. The van der Waals surface area contributed by atoms with Crippen LogP contribution in [0.4, 0.5) is 0 Å². The summed E-state index contributed by atoms with van der Waals surface area (Å²) in [7, 11) is 0. The molecule has 0 saturated carbocycles. The van der Waals surface area contributed by atoms with Gasteiger partial charge in [0.25, 0.3) is 0 Å². The maximum atomic E-state index is 3.65. The molecule has 0 bridgehead atoms. The number of likely N-dealkylation sites (N-methyl/N-ethyl adjacent to an activating group) is 1. The molecular formula is C14H29N3. The van der Waals surface area contributed by atoms with Crippen molar-refractivity contribution >= 4 is 0 Å². The van der Waals surface area contributed by atoms with Crippen molar-refractivity contribution in [3.05, 3.63) is 0 Å². The molecule has 0 amide bonds. The summed E-state index contributed by atoms with van der Waals surface area (Å²) < 4.78 is 0. The van der Waals surface area contributed by atoms with E-state index < -0.39 is 0 Å². The van der Waals surface area contributed by atoms with Crippen LogP contribution in [0.2, 0.25) is 0 Å². The lowest BCUT2D eigenvalue weighted by Gasteiger charge is -2.27. The fraction of sp³-hybridized carbons (Fsp3) is 1.00. The standard InChI is InChI=1S/C14H29N3/c1-4-17(5-2)13-7-9-16(10-13)11-14-12(3)6-8-15-14/h12-15H,4-11H2,1-3H3. The van der Waals surface area contributed by atoms with Crippen molar-refractivity contribution in [3.63, 3.8) is 0 Å². The Bertz CT molecular complexity index is 228. The van der Waals surface area contributed by atoms with Crippen molar-refractivity contribution in [2.45, 2.75) is 45.7 Å². The lowest BCUT2D eigenvalue weighted by atomic mass is 10.0. The Morgan fingerprint density at radius 1 is 1.24 bits per heavy atom. The van der Waals surface area contributed by atoms with E-state index in [9.17, 15) is 0 Å². The van der Waals surface area contributed by atoms with Crippen molar-refractivity contribution < 1.29 is 0 Å². The first kappa shape index (κ1) is 13.3. The van der Waals surface area contributed by atoms with E-state index in [4.69, 9.17) is 0 Å². The number of likely N-dealkylation sites (tertiary alicyclic amines) is 1. The summed E-state index contributed by atoms with van der Waals surface area (Å²) in [5, 5.41) is 3.65. The second-order valence-electron chi connectivity index (χ2n) is 5.75. The minimum Gasteiger partial charge on any atom is -0.312 e. The van der Waals surface area contributed by atoms with Gasteiger partial charge in [-0.05, 0) is 44.9 Å². The Morgan fingerprint density at radius 3 is 2.59 bits per heavy atom. The van der Waals surface area contributed by atoms with Crippen molar-refractivity contribution in [3.8, 4) is 0 Å². The van der Waals surface area contributed by atoms with E-state index in [0.29, 0.717) is 0 Å². The molecule has 2 fully saturated rings. The van der Waals surface area contributed by atoms with E-state index in [1.165, 1.54) is 52.1 Å². The first-order chi connectivity index (χ1) is 8.24. The summed E-state index contributed by atoms with van der Waals surface area (Å²) in [6.45, 7) is 14.4. The highest BCUT2D eigenvalue weighted by molar-refractivity contribution is 4.88. The molecule has 3 nitrogen and oxygen atoms in total. The van der Waals surface area contributed by atoms with Crippen LogP contribution in [0.3, 0.4) is 0 Å². The normalized spacial score (nSPS) is 34.9. The minimum absolute atomic E-state index is 0.741. The largest absolute Gasteiger partial charge is 0.312 e. The van der Waals surface area contributed by atoms with Crippen LogP contribution >= 0.6 is 0 Å². The monoisotopic (exact) mass is 239 g/mol. The van der Waals surface area contributed by atoms with Gasteiger partial charge in [0.15, 0.2) is 0 Å². The number of rotatable bonds is 5. The van der Waals surface area contributed by atoms with Gasteiger partial charge in [0.2, 0.25) is 0 Å². The molecule has 3 unspecified atom stereocenters. The molecule has 3 atom stereocenters. The third kappa shape index (κ3) is 3.21. The zero-order valence-electron chi connectivity index (χ0n) is 11.8. The fourth-order valence-corrected chi connectivity index (χ4v) is 3.44. The fourth-order valence-electron chi connectivity index (χ4n) is 3.44. The van der Waals surface area contributed by atoms with Gasteiger partial charge in [0.05, 0.1) is 0 Å². The molecule has 2 aliphatic rings. The lowest BCUT2D eigenvalue weighted by molar-refractivity contribution is 0.203. The maximum Gasteiger partial charge on any atom is 0.0235 e. The first-order valence-corrected chi connectivity index (χ1v) is 7.44. The molecule has 1 N–H and O–H groups in total. The molecule has 0 aliphatic carbocycles. The zero-order chi connectivity index (χ0) is 12.3. The Balaban J connectivity index is 1.77.